The number of halogens is 1. The molecule has 0 radical (unpaired) electrons. The van der Waals surface area contributed by atoms with Gasteiger partial charge in [-0.3, -0.25) is 9.59 Å². The van der Waals surface area contributed by atoms with Crippen molar-refractivity contribution in [2.75, 3.05) is 18.4 Å². The number of anilines is 1. The van der Waals surface area contributed by atoms with Crippen molar-refractivity contribution < 1.29 is 14.0 Å². The van der Waals surface area contributed by atoms with Gasteiger partial charge in [-0.1, -0.05) is 11.6 Å². The maximum Gasteiger partial charge on any atom is 0.257 e. The van der Waals surface area contributed by atoms with E-state index in [2.05, 4.69) is 5.32 Å². The molecule has 0 spiro atoms. The van der Waals surface area contributed by atoms with E-state index in [4.69, 9.17) is 21.3 Å². The second kappa shape index (κ2) is 7.41. The lowest BCUT2D eigenvalue weighted by Crippen LogP contribution is -2.43. The minimum absolute atomic E-state index is 0.132. The number of benzene rings is 1. The van der Waals surface area contributed by atoms with E-state index in [1.165, 1.54) is 12.5 Å². The molecular weight excluding hydrogens is 342 g/mol. The molecule has 1 unspecified atom stereocenters. The first kappa shape index (κ1) is 17.1. The molecule has 2 amide bonds. The van der Waals surface area contributed by atoms with Crippen LogP contribution in [0.25, 0.3) is 0 Å². The van der Waals surface area contributed by atoms with Crippen LogP contribution in [0, 0.1) is 17.2 Å². The number of nitrogens with zero attached hydrogens (tertiary/aromatic N) is 2. The number of hydrogen-bond acceptors (Lipinski definition) is 4. The van der Waals surface area contributed by atoms with Gasteiger partial charge in [-0.15, -0.1) is 0 Å². The topological polar surface area (TPSA) is 86.3 Å². The average Bonchev–Trinajstić information content (AvgIpc) is 3.16. The fourth-order valence-electron chi connectivity index (χ4n) is 2.87. The van der Waals surface area contributed by atoms with Crippen LogP contribution in [0.1, 0.15) is 28.8 Å². The monoisotopic (exact) mass is 357 g/mol. The minimum atomic E-state index is -0.293. The summed E-state index contributed by atoms with van der Waals surface area (Å²) in [5.74, 6) is -0.586. The molecule has 0 bridgehead atoms. The van der Waals surface area contributed by atoms with E-state index in [0.29, 0.717) is 41.3 Å². The number of nitrogens with one attached hydrogen (secondary N) is 1. The van der Waals surface area contributed by atoms with Crippen LogP contribution in [0.2, 0.25) is 5.02 Å². The fourth-order valence-corrected chi connectivity index (χ4v) is 3.09. The lowest BCUT2D eigenvalue weighted by Gasteiger charge is -2.31. The molecule has 2 heterocycles. The highest BCUT2D eigenvalue weighted by Crippen LogP contribution is 2.23. The van der Waals surface area contributed by atoms with Gasteiger partial charge in [0.25, 0.3) is 5.91 Å². The van der Waals surface area contributed by atoms with Crippen molar-refractivity contribution in [3.05, 3.63) is 52.9 Å². The van der Waals surface area contributed by atoms with E-state index in [0.717, 1.165) is 6.42 Å². The zero-order valence-electron chi connectivity index (χ0n) is 13.4. The fraction of sp³-hybridized carbons (Fsp3) is 0.278. The summed E-state index contributed by atoms with van der Waals surface area (Å²) in [5.41, 5.74) is 1.38. The number of nitriles is 1. The first-order valence-corrected chi connectivity index (χ1v) is 8.28. The number of likely N-dealkylation sites (tertiary alicyclic amines) is 1. The van der Waals surface area contributed by atoms with E-state index in [1.54, 1.807) is 29.2 Å². The summed E-state index contributed by atoms with van der Waals surface area (Å²) in [6.45, 7) is 0.982. The maximum atomic E-state index is 12.5. The molecule has 128 valence electrons. The standard InChI is InChI=1S/C18H16ClN3O3/c19-16-8-15(4-3-12(16)9-20)21-17(23)13-2-1-6-22(10-13)18(24)14-5-7-25-11-14/h3-5,7-8,11,13H,1-2,6,10H2,(H,21,23). The largest absolute Gasteiger partial charge is 0.472 e. The molecule has 1 atom stereocenters. The summed E-state index contributed by atoms with van der Waals surface area (Å²) in [6, 6.07) is 8.34. The van der Waals surface area contributed by atoms with Crippen LogP contribution >= 0.6 is 11.6 Å². The summed E-state index contributed by atoms with van der Waals surface area (Å²) >= 11 is 5.98. The number of hydrogen-bond donors (Lipinski definition) is 1. The van der Waals surface area contributed by atoms with Crippen LogP contribution in [0.15, 0.2) is 41.2 Å². The van der Waals surface area contributed by atoms with Crippen LogP contribution in [0.3, 0.4) is 0 Å². The Morgan fingerprint density at radius 1 is 1.36 bits per heavy atom. The molecule has 1 saturated heterocycles. The minimum Gasteiger partial charge on any atom is -0.472 e. The third kappa shape index (κ3) is 3.83. The van der Waals surface area contributed by atoms with E-state index < -0.39 is 0 Å². The second-order valence-corrected chi connectivity index (χ2v) is 6.31. The van der Waals surface area contributed by atoms with E-state index in [-0.39, 0.29) is 17.7 Å². The first-order chi connectivity index (χ1) is 12.1. The lowest BCUT2D eigenvalue weighted by molar-refractivity contribution is -0.121. The molecule has 1 aliphatic rings. The predicted octanol–water partition coefficient (Wildman–Crippen LogP) is 3.30. The van der Waals surface area contributed by atoms with Gasteiger partial charge in [0.2, 0.25) is 5.91 Å². The van der Waals surface area contributed by atoms with Crippen molar-refractivity contribution in [2.24, 2.45) is 5.92 Å². The molecule has 7 heteroatoms. The molecule has 2 aromatic rings. The number of rotatable bonds is 3. The van der Waals surface area contributed by atoms with E-state index in [1.807, 2.05) is 6.07 Å². The molecule has 3 rings (SSSR count). The Hall–Kier alpha value is -2.78. The smallest absolute Gasteiger partial charge is 0.257 e. The highest BCUT2D eigenvalue weighted by Gasteiger charge is 2.29. The van der Waals surface area contributed by atoms with Crippen LogP contribution in [-0.4, -0.2) is 29.8 Å². The van der Waals surface area contributed by atoms with Crippen molar-refractivity contribution in [1.82, 2.24) is 4.90 Å². The van der Waals surface area contributed by atoms with Gasteiger partial charge in [-0.25, -0.2) is 0 Å². The Labute approximate surface area is 150 Å². The Kier molecular flexibility index (Phi) is 5.05. The summed E-state index contributed by atoms with van der Waals surface area (Å²) in [5, 5.41) is 12.0. The Bertz CT molecular complexity index is 827. The molecule has 25 heavy (non-hydrogen) atoms. The molecule has 1 fully saturated rings. The highest BCUT2D eigenvalue weighted by molar-refractivity contribution is 6.32. The number of furan rings is 1. The number of carbonyl (C=O) groups excluding carboxylic acids is 2. The normalized spacial score (nSPS) is 17.0. The highest BCUT2D eigenvalue weighted by atomic mass is 35.5. The number of carbonyl (C=O) groups is 2. The van der Waals surface area contributed by atoms with E-state index in [9.17, 15) is 9.59 Å². The third-order valence-electron chi connectivity index (χ3n) is 4.20. The quantitative estimate of drug-likeness (QED) is 0.913. The van der Waals surface area contributed by atoms with Gasteiger partial charge in [0, 0.05) is 18.8 Å². The van der Waals surface area contributed by atoms with Gasteiger partial charge in [-0.2, -0.15) is 5.26 Å². The summed E-state index contributed by atoms with van der Waals surface area (Å²) in [4.78, 5) is 26.6. The molecule has 0 saturated carbocycles. The van der Waals surface area contributed by atoms with Crippen LogP contribution in [-0.2, 0) is 4.79 Å². The zero-order chi connectivity index (χ0) is 17.8. The molecule has 0 aliphatic carbocycles. The van der Waals surface area contributed by atoms with Crippen LogP contribution in [0.5, 0.6) is 0 Å². The van der Waals surface area contributed by atoms with Crippen molar-refractivity contribution in [3.63, 3.8) is 0 Å². The number of amides is 2. The van der Waals surface area contributed by atoms with Gasteiger partial charge >= 0.3 is 0 Å². The van der Waals surface area contributed by atoms with E-state index >= 15 is 0 Å². The van der Waals surface area contributed by atoms with Crippen LogP contribution < -0.4 is 5.32 Å². The van der Waals surface area contributed by atoms with Gasteiger partial charge in [0.05, 0.1) is 28.3 Å². The Morgan fingerprint density at radius 2 is 2.20 bits per heavy atom. The average molecular weight is 358 g/mol. The maximum absolute atomic E-state index is 12.5. The molecular formula is C18H16ClN3O3. The lowest BCUT2D eigenvalue weighted by atomic mass is 9.96. The molecule has 6 nitrogen and oxygen atoms in total. The van der Waals surface area contributed by atoms with Crippen molar-refractivity contribution in [1.29, 1.82) is 5.26 Å². The predicted molar refractivity (Wildman–Crippen MR) is 92.1 cm³/mol. The molecule has 1 aliphatic heterocycles. The molecule has 1 N–H and O–H groups in total. The summed E-state index contributed by atoms with van der Waals surface area (Å²) in [7, 11) is 0. The van der Waals surface area contributed by atoms with Gasteiger partial charge in [0.15, 0.2) is 0 Å². The van der Waals surface area contributed by atoms with Crippen molar-refractivity contribution in [3.8, 4) is 6.07 Å². The second-order valence-electron chi connectivity index (χ2n) is 5.90. The van der Waals surface area contributed by atoms with Gasteiger partial charge < -0.3 is 14.6 Å². The first-order valence-electron chi connectivity index (χ1n) is 7.90. The SMILES string of the molecule is N#Cc1ccc(NC(=O)C2CCCN(C(=O)c3ccoc3)C2)cc1Cl. The number of piperidine rings is 1. The van der Waals surface area contributed by atoms with Gasteiger partial charge in [-0.05, 0) is 37.1 Å². The Balaban J connectivity index is 1.65. The van der Waals surface area contributed by atoms with Crippen LogP contribution in [0.4, 0.5) is 5.69 Å². The summed E-state index contributed by atoms with van der Waals surface area (Å²) in [6.07, 6.45) is 4.33. The Morgan fingerprint density at radius 3 is 2.88 bits per heavy atom. The molecule has 1 aromatic carbocycles. The molecule has 1 aromatic heterocycles. The summed E-state index contributed by atoms with van der Waals surface area (Å²) < 4.78 is 4.95. The third-order valence-corrected chi connectivity index (χ3v) is 4.52. The van der Waals surface area contributed by atoms with Crippen molar-refractivity contribution in [2.45, 2.75) is 12.8 Å². The zero-order valence-corrected chi connectivity index (χ0v) is 14.1. The van der Waals surface area contributed by atoms with Gasteiger partial charge in [0.1, 0.15) is 12.3 Å². The van der Waals surface area contributed by atoms with Crippen molar-refractivity contribution >= 4 is 29.1 Å².